The number of H-pyrrole nitrogens is 1. The highest BCUT2D eigenvalue weighted by molar-refractivity contribution is 7.71. The number of benzene rings is 1. The smallest absolute Gasteiger partial charge is 0.214 e. The highest BCUT2D eigenvalue weighted by atomic mass is 32.1. The average Bonchev–Trinajstić information content (AvgIpc) is 2.78. The van der Waals surface area contributed by atoms with Gasteiger partial charge in [0, 0.05) is 17.5 Å². The zero-order valence-electron chi connectivity index (χ0n) is 10.4. The second kappa shape index (κ2) is 4.47. The van der Waals surface area contributed by atoms with Gasteiger partial charge >= 0.3 is 0 Å². The maximum Gasteiger partial charge on any atom is 0.214 e. The molecule has 0 saturated heterocycles. The third-order valence-electron chi connectivity index (χ3n) is 3.25. The van der Waals surface area contributed by atoms with E-state index in [1.807, 2.05) is 31.2 Å². The van der Waals surface area contributed by atoms with Crippen molar-refractivity contribution in [2.45, 2.75) is 12.8 Å². The lowest BCUT2D eigenvalue weighted by Gasteiger charge is -2.11. The summed E-state index contributed by atoms with van der Waals surface area (Å²) in [5.74, 6) is 6.63. The predicted molar refractivity (Wildman–Crippen MR) is 76.8 cm³/mol. The fraction of sp³-hybridized carbons (Fsp3) is 0.154. The van der Waals surface area contributed by atoms with Gasteiger partial charge in [-0.3, -0.25) is 10.1 Å². The van der Waals surface area contributed by atoms with E-state index < -0.39 is 0 Å². The summed E-state index contributed by atoms with van der Waals surface area (Å²) in [6, 6.07) is 10.1. The standard InChI is InChI=1S/C13H13N5S/c1-8(12-16-17-13(19)18(12)14)9-4-5-11-10(7-9)3-2-6-15-11/h2-8H,14H2,1H3,(H,17,19). The van der Waals surface area contributed by atoms with Gasteiger partial charge in [-0.15, -0.1) is 0 Å². The number of rotatable bonds is 2. The molecule has 0 fully saturated rings. The Bertz CT molecular complexity index is 789. The van der Waals surface area contributed by atoms with Crippen LogP contribution >= 0.6 is 12.2 Å². The summed E-state index contributed by atoms with van der Waals surface area (Å²) < 4.78 is 1.83. The van der Waals surface area contributed by atoms with Crippen molar-refractivity contribution in [3.8, 4) is 0 Å². The Kier molecular flexibility index (Phi) is 2.79. The van der Waals surface area contributed by atoms with Crippen LogP contribution in [-0.2, 0) is 0 Å². The van der Waals surface area contributed by atoms with Gasteiger partial charge in [-0.2, -0.15) is 5.10 Å². The van der Waals surface area contributed by atoms with Crippen molar-refractivity contribution in [1.82, 2.24) is 19.9 Å². The van der Waals surface area contributed by atoms with Crippen molar-refractivity contribution < 1.29 is 0 Å². The lowest BCUT2D eigenvalue weighted by Crippen LogP contribution is -2.15. The maximum absolute atomic E-state index is 5.86. The molecule has 0 aliphatic carbocycles. The molecule has 0 bridgehead atoms. The van der Waals surface area contributed by atoms with Crippen LogP contribution < -0.4 is 5.84 Å². The summed E-state index contributed by atoms with van der Waals surface area (Å²) in [5, 5.41) is 7.98. The Morgan fingerprint density at radius 2 is 2.21 bits per heavy atom. The van der Waals surface area contributed by atoms with Crippen molar-refractivity contribution >= 4 is 23.1 Å². The minimum atomic E-state index is 0.0579. The number of fused-ring (bicyclic) bond motifs is 1. The predicted octanol–water partition coefficient (Wildman–Crippen LogP) is 2.35. The van der Waals surface area contributed by atoms with Crippen LogP contribution in [0.2, 0.25) is 0 Å². The molecule has 96 valence electrons. The van der Waals surface area contributed by atoms with Gasteiger partial charge in [-0.1, -0.05) is 19.1 Å². The van der Waals surface area contributed by atoms with Crippen LogP contribution in [0, 0.1) is 4.77 Å². The molecule has 1 aromatic carbocycles. The lowest BCUT2D eigenvalue weighted by atomic mass is 9.98. The molecule has 2 heterocycles. The third kappa shape index (κ3) is 2.00. The molecule has 3 aromatic rings. The lowest BCUT2D eigenvalue weighted by molar-refractivity contribution is 0.763. The van der Waals surface area contributed by atoms with Crippen LogP contribution in [0.1, 0.15) is 24.2 Å². The molecular weight excluding hydrogens is 258 g/mol. The van der Waals surface area contributed by atoms with Gasteiger partial charge in [0.1, 0.15) is 0 Å². The Morgan fingerprint density at radius 1 is 1.37 bits per heavy atom. The first-order chi connectivity index (χ1) is 9.16. The molecule has 0 spiro atoms. The van der Waals surface area contributed by atoms with Gasteiger partial charge in [0.05, 0.1) is 5.52 Å². The minimum Gasteiger partial charge on any atom is -0.335 e. The molecule has 19 heavy (non-hydrogen) atoms. The number of nitrogens with zero attached hydrogens (tertiary/aromatic N) is 3. The summed E-state index contributed by atoms with van der Waals surface area (Å²) in [7, 11) is 0. The normalized spacial score (nSPS) is 12.7. The number of hydrogen-bond donors (Lipinski definition) is 2. The second-order valence-corrected chi connectivity index (χ2v) is 4.82. The monoisotopic (exact) mass is 271 g/mol. The summed E-state index contributed by atoms with van der Waals surface area (Å²) in [6.07, 6.45) is 1.79. The quantitative estimate of drug-likeness (QED) is 0.554. The van der Waals surface area contributed by atoms with Crippen molar-refractivity contribution in [3.63, 3.8) is 0 Å². The van der Waals surface area contributed by atoms with Gasteiger partial charge in [0.25, 0.3) is 0 Å². The first kappa shape index (κ1) is 11.9. The summed E-state index contributed by atoms with van der Waals surface area (Å²) in [6.45, 7) is 2.05. The van der Waals surface area contributed by atoms with E-state index in [1.54, 1.807) is 6.20 Å². The largest absolute Gasteiger partial charge is 0.335 e. The van der Waals surface area contributed by atoms with Gasteiger partial charge in [-0.25, -0.2) is 4.68 Å². The molecular formula is C13H13N5S. The summed E-state index contributed by atoms with van der Waals surface area (Å²) in [5.41, 5.74) is 2.10. The van der Waals surface area contributed by atoms with Crippen molar-refractivity contribution in [2.75, 3.05) is 5.84 Å². The second-order valence-electron chi connectivity index (χ2n) is 4.43. The zero-order chi connectivity index (χ0) is 13.4. The highest BCUT2D eigenvalue weighted by Gasteiger charge is 2.15. The van der Waals surface area contributed by atoms with Crippen LogP contribution in [0.25, 0.3) is 10.9 Å². The van der Waals surface area contributed by atoms with Crippen LogP contribution in [0.4, 0.5) is 0 Å². The van der Waals surface area contributed by atoms with E-state index in [2.05, 4.69) is 21.2 Å². The molecule has 5 nitrogen and oxygen atoms in total. The fourth-order valence-electron chi connectivity index (χ4n) is 2.13. The van der Waals surface area contributed by atoms with Crippen LogP contribution in [0.15, 0.2) is 36.5 Å². The molecule has 6 heteroatoms. The molecule has 0 aliphatic rings. The molecule has 0 saturated carbocycles. The fourth-order valence-corrected chi connectivity index (χ4v) is 2.27. The van der Waals surface area contributed by atoms with Crippen molar-refractivity contribution in [1.29, 1.82) is 0 Å². The van der Waals surface area contributed by atoms with E-state index in [-0.39, 0.29) is 5.92 Å². The first-order valence-corrected chi connectivity index (χ1v) is 6.34. The number of nitrogens with two attached hydrogens (primary N) is 1. The third-order valence-corrected chi connectivity index (χ3v) is 3.53. The Morgan fingerprint density at radius 3 is 2.95 bits per heavy atom. The Hall–Kier alpha value is -2.21. The van der Waals surface area contributed by atoms with E-state index in [9.17, 15) is 0 Å². The SMILES string of the molecule is CC(c1ccc2ncccc2c1)c1n[nH]c(=S)n1N. The maximum atomic E-state index is 5.86. The number of aromatic nitrogens is 4. The number of nitrogen functional groups attached to an aromatic ring is 1. The summed E-state index contributed by atoms with van der Waals surface area (Å²) in [4.78, 5) is 4.31. The highest BCUT2D eigenvalue weighted by Crippen LogP contribution is 2.24. The van der Waals surface area contributed by atoms with E-state index in [0.29, 0.717) is 10.6 Å². The topological polar surface area (TPSA) is 72.5 Å². The van der Waals surface area contributed by atoms with Gasteiger partial charge in [0.2, 0.25) is 4.77 Å². The molecule has 0 amide bonds. The zero-order valence-corrected chi connectivity index (χ0v) is 11.2. The molecule has 0 radical (unpaired) electrons. The van der Waals surface area contributed by atoms with Gasteiger partial charge in [-0.05, 0) is 36.0 Å². The molecule has 1 unspecified atom stereocenters. The number of aromatic amines is 1. The Labute approximate surface area is 115 Å². The van der Waals surface area contributed by atoms with Crippen LogP contribution in [0.3, 0.4) is 0 Å². The van der Waals surface area contributed by atoms with E-state index in [4.69, 9.17) is 18.1 Å². The number of hydrogen-bond acceptors (Lipinski definition) is 4. The Balaban J connectivity index is 2.08. The minimum absolute atomic E-state index is 0.0579. The molecule has 3 rings (SSSR count). The molecule has 3 N–H and O–H groups in total. The molecule has 0 aliphatic heterocycles. The van der Waals surface area contributed by atoms with E-state index in [0.717, 1.165) is 16.5 Å². The van der Waals surface area contributed by atoms with E-state index >= 15 is 0 Å². The molecule has 1 atom stereocenters. The average molecular weight is 271 g/mol. The molecule has 2 aromatic heterocycles. The first-order valence-electron chi connectivity index (χ1n) is 5.94. The van der Waals surface area contributed by atoms with Crippen molar-refractivity contribution in [2.24, 2.45) is 0 Å². The summed E-state index contributed by atoms with van der Waals surface area (Å²) >= 11 is 5.03. The number of nitrogens with one attached hydrogen (secondary N) is 1. The van der Waals surface area contributed by atoms with Gasteiger partial charge < -0.3 is 5.84 Å². The van der Waals surface area contributed by atoms with Crippen LogP contribution in [-0.4, -0.2) is 19.9 Å². The number of pyridine rings is 1. The van der Waals surface area contributed by atoms with Crippen molar-refractivity contribution in [3.05, 3.63) is 52.7 Å². The van der Waals surface area contributed by atoms with Crippen LogP contribution in [0.5, 0.6) is 0 Å². The van der Waals surface area contributed by atoms with E-state index in [1.165, 1.54) is 4.68 Å². The van der Waals surface area contributed by atoms with Gasteiger partial charge in [0.15, 0.2) is 5.82 Å².